The van der Waals surface area contributed by atoms with Crippen molar-refractivity contribution >= 4 is 11.6 Å². The lowest BCUT2D eigenvalue weighted by Crippen LogP contribution is -2.47. The molecule has 1 unspecified atom stereocenters. The smallest absolute Gasteiger partial charge is 0.263 e. The number of fused-ring (bicyclic) bond motifs is 2. The highest BCUT2D eigenvalue weighted by Crippen LogP contribution is 2.31. The van der Waals surface area contributed by atoms with Gasteiger partial charge < -0.3 is 15.0 Å². The summed E-state index contributed by atoms with van der Waals surface area (Å²) in [6.07, 6.45) is -0.515. The van der Waals surface area contributed by atoms with Crippen LogP contribution in [-0.2, 0) is 24.4 Å². The van der Waals surface area contributed by atoms with Crippen molar-refractivity contribution in [2.24, 2.45) is 5.92 Å². The number of aromatic nitrogens is 2. The number of nitrogens with zero attached hydrogens (tertiary/aromatic N) is 4. The fraction of sp³-hybridized carbons (Fsp3) is 0.524. The summed E-state index contributed by atoms with van der Waals surface area (Å²) in [6, 6.07) is 9.91. The second-order valence-corrected chi connectivity index (χ2v) is 8.15. The first kappa shape index (κ1) is 18.8. The molecule has 4 rings (SSSR count). The lowest BCUT2D eigenvalue weighted by atomic mass is 10.2. The Balaban J connectivity index is 1.34. The Morgan fingerprint density at radius 2 is 2.14 bits per heavy atom. The van der Waals surface area contributed by atoms with E-state index in [-0.39, 0.29) is 5.91 Å². The molecule has 7 heteroatoms. The van der Waals surface area contributed by atoms with Gasteiger partial charge in [0.1, 0.15) is 5.75 Å². The summed E-state index contributed by atoms with van der Waals surface area (Å²) in [5.41, 5.74) is 3.14. The van der Waals surface area contributed by atoms with Crippen molar-refractivity contribution in [1.82, 2.24) is 20.0 Å². The molecule has 2 aliphatic heterocycles. The van der Waals surface area contributed by atoms with Crippen LogP contribution < -0.4 is 15.0 Å². The fourth-order valence-corrected chi connectivity index (χ4v) is 3.98. The molecule has 7 nitrogen and oxygen atoms in total. The Morgan fingerprint density at radius 3 is 2.96 bits per heavy atom. The van der Waals surface area contributed by atoms with Crippen LogP contribution in [0.2, 0.25) is 0 Å². The van der Waals surface area contributed by atoms with Crippen molar-refractivity contribution in [1.29, 1.82) is 0 Å². The molecule has 0 radical (unpaired) electrons. The summed E-state index contributed by atoms with van der Waals surface area (Å²) in [7, 11) is 1.98. The van der Waals surface area contributed by atoms with Gasteiger partial charge in [-0.2, -0.15) is 5.10 Å². The molecule has 0 bridgehead atoms. The molecule has 1 aromatic carbocycles. The van der Waals surface area contributed by atoms with Crippen molar-refractivity contribution < 1.29 is 9.53 Å². The van der Waals surface area contributed by atoms with Crippen LogP contribution >= 0.6 is 0 Å². The monoisotopic (exact) mass is 383 g/mol. The number of nitrogens with one attached hydrogen (secondary N) is 1. The van der Waals surface area contributed by atoms with Gasteiger partial charge in [-0.25, -0.2) is 0 Å². The van der Waals surface area contributed by atoms with E-state index in [1.54, 1.807) is 0 Å². The number of carbonyl (C=O) groups excluding carboxylic acids is 1. The van der Waals surface area contributed by atoms with Crippen LogP contribution in [-0.4, -0.2) is 53.4 Å². The Labute approximate surface area is 166 Å². The summed E-state index contributed by atoms with van der Waals surface area (Å²) in [5, 5.41) is 7.65. The SMILES string of the molecule is CC(C)CN1CCn2nc(CNC(=O)C3CN(C)c4ccccc4O3)cc2C1. The molecule has 1 aromatic heterocycles. The molecule has 0 saturated carbocycles. The van der Waals surface area contributed by atoms with Crippen LogP contribution in [0.1, 0.15) is 25.2 Å². The summed E-state index contributed by atoms with van der Waals surface area (Å²) in [5.74, 6) is 1.31. The van der Waals surface area contributed by atoms with Crippen molar-refractivity contribution in [2.45, 2.75) is 39.6 Å². The van der Waals surface area contributed by atoms with Crippen molar-refractivity contribution in [3.05, 3.63) is 41.7 Å². The van der Waals surface area contributed by atoms with E-state index < -0.39 is 6.10 Å². The standard InChI is InChI=1S/C21H29N5O2/c1-15(2)12-25-8-9-26-17(13-25)10-16(23-26)11-22-21(27)20-14-24(3)18-6-4-5-7-19(18)28-20/h4-7,10,15,20H,8-9,11-14H2,1-3H3,(H,22,27). The van der Waals surface area contributed by atoms with Gasteiger partial charge in [-0.3, -0.25) is 14.4 Å². The van der Waals surface area contributed by atoms with Gasteiger partial charge in [-0.05, 0) is 24.1 Å². The minimum Gasteiger partial charge on any atom is -0.477 e. The molecule has 28 heavy (non-hydrogen) atoms. The molecule has 2 aromatic rings. The maximum atomic E-state index is 12.6. The third-order valence-corrected chi connectivity index (χ3v) is 5.27. The number of para-hydroxylation sites is 2. The van der Waals surface area contributed by atoms with Crippen LogP contribution in [0.4, 0.5) is 5.69 Å². The Morgan fingerprint density at radius 1 is 1.32 bits per heavy atom. The number of amides is 1. The van der Waals surface area contributed by atoms with Crippen LogP contribution in [0.25, 0.3) is 0 Å². The number of hydrogen-bond acceptors (Lipinski definition) is 5. The number of ether oxygens (including phenoxy) is 1. The van der Waals surface area contributed by atoms with E-state index in [9.17, 15) is 4.79 Å². The van der Waals surface area contributed by atoms with Gasteiger partial charge in [-0.15, -0.1) is 0 Å². The van der Waals surface area contributed by atoms with E-state index in [1.807, 2.05) is 31.3 Å². The lowest BCUT2D eigenvalue weighted by Gasteiger charge is -2.32. The summed E-state index contributed by atoms with van der Waals surface area (Å²) < 4.78 is 7.97. The number of rotatable bonds is 5. The molecular weight excluding hydrogens is 354 g/mol. The van der Waals surface area contributed by atoms with Crippen LogP contribution in [0, 0.1) is 5.92 Å². The van der Waals surface area contributed by atoms with Crippen molar-refractivity contribution in [3.63, 3.8) is 0 Å². The van der Waals surface area contributed by atoms with Gasteiger partial charge in [0.15, 0.2) is 6.10 Å². The number of anilines is 1. The molecule has 1 atom stereocenters. The normalized spacial score (nSPS) is 19.1. The molecule has 0 spiro atoms. The fourth-order valence-electron chi connectivity index (χ4n) is 3.98. The van der Waals surface area contributed by atoms with E-state index in [0.29, 0.717) is 19.0 Å². The van der Waals surface area contributed by atoms with Crippen LogP contribution in [0.15, 0.2) is 30.3 Å². The van der Waals surface area contributed by atoms with Crippen molar-refractivity contribution in [3.8, 4) is 5.75 Å². The number of likely N-dealkylation sites (N-methyl/N-ethyl adjacent to an activating group) is 1. The molecule has 1 N–H and O–H groups in total. The second-order valence-electron chi connectivity index (χ2n) is 8.15. The van der Waals surface area contributed by atoms with E-state index in [4.69, 9.17) is 4.74 Å². The number of benzene rings is 1. The molecule has 2 aliphatic rings. The zero-order valence-electron chi connectivity index (χ0n) is 16.9. The van der Waals surface area contributed by atoms with Crippen LogP contribution in [0.3, 0.4) is 0 Å². The quantitative estimate of drug-likeness (QED) is 0.854. The lowest BCUT2D eigenvalue weighted by molar-refractivity contribution is -0.128. The summed E-state index contributed by atoms with van der Waals surface area (Å²) in [4.78, 5) is 17.2. The van der Waals surface area contributed by atoms with E-state index in [0.717, 1.165) is 43.3 Å². The molecule has 0 fully saturated rings. The topological polar surface area (TPSA) is 62.6 Å². The summed E-state index contributed by atoms with van der Waals surface area (Å²) >= 11 is 0. The molecule has 1 amide bonds. The molecule has 3 heterocycles. The van der Waals surface area contributed by atoms with Gasteiger partial charge >= 0.3 is 0 Å². The predicted octanol–water partition coefficient (Wildman–Crippen LogP) is 1.87. The summed E-state index contributed by atoms with van der Waals surface area (Å²) in [6.45, 7) is 9.41. The molecular formula is C21H29N5O2. The van der Waals surface area contributed by atoms with Crippen LogP contribution in [0.5, 0.6) is 5.75 Å². The minimum atomic E-state index is -0.515. The van der Waals surface area contributed by atoms with Gasteiger partial charge in [0.05, 0.1) is 36.7 Å². The van der Waals surface area contributed by atoms with Gasteiger partial charge in [0.25, 0.3) is 5.91 Å². The number of carbonyl (C=O) groups is 1. The first-order chi connectivity index (χ1) is 13.5. The Kier molecular flexibility index (Phi) is 5.26. The van der Waals surface area contributed by atoms with Gasteiger partial charge in [0, 0.05) is 26.7 Å². The van der Waals surface area contributed by atoms with E-state index >= 15 is 0 Å². The average Bonchev–Trinajstić information content (AvgIpc) is 3.07. The highest BCUT2D eigenvalue weighted by molar-refractivity contribution is 5.83. The zero-order chi connectivity index (χ0) is 19.7. The maximum absolute atomic E-state index is 12.6. The molecule has 150 valence electrons. The molecule has 0 saturated heterocycles. The highest BCUT2D eigenvalue weighted by Gasteiger charge is 2.29. The third kappa shape index (κ3) is 3.99. The largest absolute Gasteiger partial charge is 0.477 e. The maximum Gasteiger partial charge on any atom is 0.263 e. The third-order valence-electron chi connectivity index (χ3n) is 5.27. The van der Waals surface area contributed by atoms with Gasteiger partial charge in [-0.1, -0.05) is 26.0 Å². The predicted molar refractivity (Wildman–Crippen MR) is 108 cm³/mol. The Bertz CT molecular complexity index is 847. The average molecular weight is 383 g/mol. The number of hydrogen-bond donors (Lipinski definition) is 1. The van der Waals surface area contributed by atoms with E-state index in [1.165, 1.54) is 5.69 Å². The first-order valence-corrected chi connectivity index (χ1v) is 10.0. The second kappa shape index (κ2) is 7.83. The van der Waals surface area contributed by atoms with E-state index in [2.05, 4.69) is 44.8 Å². The minimum absolute atomic E-state index is 0.103. The van der Waals surface area contributed by atoms with Crippen molar-refractivity contribution in [2.75, 3.05) is 31.6 Å². The van der Waals surface area contributed by atoms with Gasteiger partial charge in [0.2, 0.25) is 0 Å². The first-order valence-electron chi connectivity index (χ1n) is 10.0. The highest BCUT2D eigenvalue weighted by atomic mass is 16.5. The molecule has 0 aliphatic carbocycles. The Hall–Kier alpha value is -2.54. The zero-order valence-corrected chi connectivity index (χ0v) is 16.9.